The van der Waals surface area contributed by atoms with Gasteiger partial charge in [0.1, 0.15) is 12.4 Å². The summed E-state index contributed by atoms with van der Waals surface area (Å²) < 4.78 is 49.2. The minimum Gasteiger partial charge on any atom is -0.450 e. The summed E-state index contributed by atoms with van der Waals surface area (Å²) in [5.74, 6) is -1.05. The van der Waals surface area contributed by atoms with Crippen LogP contribution < -0.4 is 9.64 Å². The Balaban J connectivity index is 1.87. The minimum atomic E-state index is -4.72. The van der Waals surface area contributed by atoms with E-state index in [1.165, 1.54) is 11.9 Å². The Morgan fingerprint density at radius 1 is 1.33 bits per heavy atom. The Morgan fingerprint density at radius 3 is 2.53 bits per heavy atom. The molecular formula is C15H15F3N6O6. The molecule has 1 saturated heterocycles. The summed E-state index contributed by atoms with van der Waals surface area (Å²) in [4.78, 5) is 30.6. The summed E-state index contributed by atoms with van der Waals surface area (Å²) in [6.07, 6.45) is -5.14. The van der Waals surface area contributed by atoms with E-state index < -0.39 is 46.5 Å². The fourth-order valence-electron chi connectivity index (χ4n) is 2.93. The van der Waals surface area contributed by atoms with Crippen LogP contribution in [0, 0.1) is 10.1 Å². The molecule has 15 heteroatoms. The van der Waals surface area contributed by atoms with Gasteiger partial charge in [0.15, 0.2) is 5.69 Å². The molecule has 1 N–H and O–H groups in total. The van der Waals surface area contributed by atoms with Crippen LogP contribution in [0.1, 0.15) is 18.5 Å². The average Bonchev–Trinajstić information content (AvgIpc) is 3.02. The van der Waals surface area contributed by atoms with E-state index in [1.807, 2.05) is 0 Å². The van der Waals surface area contributed by atoms with E-state index in [9.17, 15) is 28.1 Å². The van der Waals surface area contributed by atoms with E-state index in [0.717, 1.165) is 11.0 Å². The first kappa shape index (κ1) is 21.1. The molecule has 1 aliphatic rings. The zero-order chi connectivity index (χ0) is 22.1. The minimum absolute atomic E-state index is 0.100. The summed E-state index contributed by atoms with van der Waals surface area (Å²) in [5.41, 5.74) is -1.86. The van der Waals surface area contributed by atoms with E-state index in [4.69, 9.17) is 14.6 Å². The molecule has 0 atom stereocenters. The van der Waals surface area contributed by atoms with Crippen molar-refractivity contribution in [1.82, 2.24) is 19.7 Å². The largest absolute Gasteiger partial charge is 0.506 e. The topological polar surface area (TPSA) is 146 Å². The average molecular weight is 432 g/mol. The van der Waals surface area contributed by atoms with Gasteiger partial charge < -0.3 is 19.5 Å². The van der Waals surface area contributed by atoms with Gasteiger partial charge in [0.05, 0.1) is 4.92 Å². The molecule has 0 radical (unpaired) electrons. The fraction of sp³-hybridized carbons (Fsp3) is 0.467. The highest BCUT2D eigenvalue weighted by Crippen LogP contribution is 2.38. The molecule has 30 heavy (non-hydrogen) atoms. The molecule has 1 fully saturated rings. The Morgan fingerprint density at radius 2 is 2.00 bits per heavy atom. The molecule has 3 rings (SSSR count). The summed E-state index contributed by atoms with van der Waals surface area (Å²) in [6.45, 7) is 0.415. The fourth-order valence-corrected chi connectivity index (χ4v) is 2.93. The van der Waals surface area contributed by atoms with Crippen LogP contribution in [0.25, 0.3) is 0 Å². The van der Waals surface area contributed by atoms with Crippen LogP contribution >= 0.6 is 0 Å². The molecule has 0 amide bonds. The SMILES string of the molecule is Cn1nc(C(F)(F)F)cc1Oc1ncnc(N2CCC(OC(=O)O)CC2)c1[N+](=O)[O-]. The van der Waals surface area contributed by atoms with Crippen LogP contribution in [0.2, 0.25) is 0 Å². The van der Waals surface area contributed by atoms with Gasteiger partial charge in [-0.15, -0.1) is 0 Å². The number of carboxylic acid groups (broad SMARTS) is 1. The number of alkyl halides is 3. The lowest BCUT2D eigenvalue weighted by Gasteiger charge is -2.31. The molecule has 0 saturated carbocycles. The number of hydrogen-bond acceptors (Lipinski definition) is 9. The van der Waals surface area contributed by atoms with E-state index in [0.29, 0.717) is 6.07 Å². The van der Waals surface area contributed by atoms with Crippen molar-refractivity contribution in [3.8, 4) is 11.8 Å². The highest BCUT2D eigenvalue weighted by atomic mass is 19.4. The number of carbonyl (C=O) groups is 1. The summed E-state index contributed by atoms with van der Waals surface area (Å²) in [5, 5.41) is 23.6. The number of aromatic nitrogens is 4. The molecule has 2 aromatic rings. The molecule has 0 aliphatic carbocycles. The smallest absolute Gasteiger partial charge is 0.450 e. The lowest BCUT2D eigenvalue weighted by molar-refractivity contribution is -0.385. The Bertz CT molecular complexity index is 957. The standard InChI is InChI=1S/C15H15F3N6O6/c1-22-10(6-9(21-22)15(16,17)18)30-13-11(24(27)28)12(19-7-20-13)23-4-2-8(3-5-23)29-14(25)26/h6-8H,2-5H2,1H3,(H,25,26). The Labute approximate surface area is 166 Å². The maximum Gasteiger partial charge on any atom is 0.506 e. The second-order valence-corrected chi connectivity index (χ2v) is 6.27. The molecule has 162 valence electrons. The number of hydrogen-bond donors (Lipinski definition) is 1. The molecular weight excluding hydrogens is 417 g/mol. The van der Waals surface area contributed by atoms with Gasteiger partial charge in [-0.05, 0) is 0 Å². The second-order valence-electron chi connectivity index (χ2n) is 6.27. The van der Waals surface area contributed by atoms with Crippen molar-refractivity contribution in [2.45, 2.75) is 25.1 Å². The van der Waals surface area contributed by atoms with Gasteiger partial charge in [-0.25, -0.2) is 14.5 Å². The molecule has 0 spiro atoms. The predicted octanol–water partition coefficient (Wildman–Crippen LogP) is 2.59. The molecule has 0 bridgehead atoms. The first-order valence-electron chi connectivity index (χ1n) is 8.49. The van der Waals surface area contributed by atoms with Crippen molar-refractivity contribution in [1.29, 1.82) is 0 Å². The quantitative estimate of drug-likeness (QED) is 0.425. The van der Waals surface area contributed by atoms with Crippen molar-refractivity contribution in [2.75, 3.05) is 18.0 Å². The highest BCUT2D eigenvalue weighted by molar-refractivity contribution is 5.63. The van der Waals surface area contributed by atoms with Gasteiger partial charge in [-0.1, -0.05) is 0 Å². The first-order chi connectivity index (χ1) is 14.1. The molecule has 1 aliphatic heterocycles. The van der Waals surface area contributed by atoms with Gasteiger partial charge in [-0.2, -0.15) is 23.3 Å². The van der Waals surface area contributed by atoms with Gasteiger partial charge in [0.25, 0.3) is 0 Å². The van der Waals surface area contributed by atoms with Crippen molar-refractivity contribution < 1.29 is 37.5 Å². The Hall–Kier alpha value is -3.65. The van der Waals surface area contributed by atoms with Gasteiger partial charge in [0.2, 0.25) is 11.7 Å². The molecule has 0 unspecified atom stereocenters. The van der Waals surface area contributed by atoms with Crippen LogP contribution in [0.15, 0.2) is 12.4 Å². The Kier molecular flexibility index (Phi) is 5.62. The van der Waals surface area contributed by atoms with E-state index in [-0.39, 0.29) is 31.7 Å². The summed E-state index contributed by atoms with van der Waals surface area (Å²) in [7, 11) is 1.19. The maximum absolute atomic E-state index is 12.8. The van der Waals surface area contributed by atoms with E-state index in [2.05, 4.69) is 15.1 Å². The van der Waals surface area contributed by atoms with Gasteiger partial charge in [-0.3, -0.25) is 10.1 Å². The number of nitro groups is 1. The molecule has 3 heterocycles. The number of rotatable bonds is 5. The lowest BCUT2D eigenvalue weighted by Crippen LogP contribution is -2.38. The van der Waals surface area contributed by atoms with Crippen molar-refractivity contribution in [3.63, 3.8) is 0 Å². The van der Waals surface area contributed by atoms with E-state index >= 15 is 0 Å². The molecule has 2 aromatic heterocycles. The van der Waals surface area contributed by atoms with Crippen LogP contribution in [0.5, 0.6) is 11.8 Å². The van der Waals surface area contributed by atoms with E-state index in [1.54, 1.807) is 0 Å². The van der Waals surface area contributed by atoms with Crippen LogP contribution in [0.3, 0.4) is 0 Å². The van der Waals surface area contributed by atoms with Gasteiger partial charge in [0, 0.05) is 39.0 Å². The zero-order valence-electron chi connectivity index (χ0n) is 15.4. The lowest BCUT2D eigenvalue weighted by atomic mass is 10.1. The first-order valence-corrected chi connectivity index (χ1v) is 8.49. The number of ether oxygens (including phenoxy) is 2. The number of halogens is 3. The van der Waals surface area contributed by atoms with Crippen molar-refractivity contribution >= 4 is 17.7 Å². The predicted molar refractivity (Wildman–Crippen MR) is 91.3 cm³/mol. The normalized spacial score (nSPS) is 15.1. The zero-order valence-corrected chi connectivity index (χ0v) is 15.4. The second kappa shape index (κ2) is 8.00. The van der Waals surface area contributed by atoms with Crippen LogP contribution in [-0.2, 0) is 18.0 Å². The summed E-state index contributed by atoms with van der Waals surface area (Å²) >= 11 is 0. The number of piperidine rings is 1. The van der Waals surface area contributed by atoms with Gasteiger partial charge >= 0.3 is 23.9 Å². The van der Waals surface area contributed by atoms with Crippen molar-refractivity contribution in [2.24, 2.45) is 7.05 Å². The molecule has 0 aromatic carbocycles. The third-order valence-corrected chi connectivity index (χ3v) is 4.29. The third kappa shape index (κ3) is 4.49. The van der Waals surface area contributed by atoms with Crippen LogP contribution in [0.4, 0.5) is 29.5 Å². The monoisotopic (exact) mass is 432 g/mol. The number of anilines is 1. The van der Waals surface area contributed by atoms with Crippen molar-refractivity contribution in [3.05, 3.63) is 28.2 Å². The summed E-state index contributed by atoms with van der Waals surface area (Å²) in [6, 6.07) is 0.597. The maximum atomic E-state index is 12.8. The molecule has 12 nitrogen and oxygen atoms in total. The number of nitrogens with zero attached hydrogens (tertiary/aromatic N) is 6. The third-order valence-electron chi connectivity index (χ3n) is 4.29. The number of aryl methyl sites for hydroxylation is 1. The highest BCUT2D eigenvalue weighted by Gasteiger charge is 2.36. The van der Waals surface area contributed by atoms with Crippen LogP contribution in [-0.4, -0.2) is 55.1 Å².